The lowest BCUT2D eigenvalue weighted by molar-refractivity contribution is 0.399. The Kier molecular flexibility index (Phi) is 4.45. The zero-order valence-corrected chi connectivity index (χ0v) is 12.4. The van der Waals surface area contributed by atoms with Gasteiger partial charge in [0.05, 0.1) is 0 Å². The third kappa shape index (κ3) is 2.92. The highest BCUT2D eigenvalue weighted by Gasteiger charge is 2.29. The summed E-state index contributed by atoms with van der Waals surface area (Å²) in [4.78, 5) is 6.04. The van der Waals surface area contributed by atoms with Gasteiger partial charge in [0.15, 0.2) is 0 Å². The van der Waals surface area contributed by atoms with Crippen LogP contribution in [0.5, 0.6) is 0 Å². The first-order valence-corrected chi connectivity index (χ1v) is 8.18. The van der Waals surface area contributed by atoms with Crippen LogP contribution in [-0.2, 0) is 12.8 Å². The van der Waals surface area contributed by atoms with Gasteiger partial charge in [-0.25, -0.2) is 0 Å². The quantitative estimate of drug-likeness (QED) is 0.634. The topological polar surface area (TPSA) is 50.9 Å². The minimum Gasteiger partial charge on any atom is -0.271 e. The van der Waals surface area contributed by atoms with E-state index in [-0.39, 0.29) is 0 Å². The SMILES string of the molecule is NNC(CCCc1cccs1)C1CCc2cccnc21. The molecule has 0 amide bonds. The zero-order chi connectivity index (χ0) is 13.8. The van der Waals surface area contributed by atoms with Crippen molar-refractivity contribution in [2.75, 3.05) is 0 Å². The number of nitrogens with two attached hydrogens (primary N) is 1. The minimum absolute atomic E-state index is 0.339. The number of thiophene rings is 1. The van der Waals surface area contributed by atoms with Gasteiger partial charge < -0.3 is 0 Å². The largest absolute Gasteiger partial charge is 0.271 e. The normalized spacial score (nSPS) is 18.9. The Hall–Kier alpha value is -1.23. The molecule has 0 saturated carbocycles. The summed E-state index contributed by atoms with van der Waals surface area (Å²) in [6, 6.07) is 8.90. The summed E-state index contributed by atoms with van der Waals surface area (Å²) in [6.07, 6.45) is 7.63. The lowest BCUT2D eigenvalue weighted by Crippen LogP contribution is -2.39. The summed E-state index contributed by atoms with van der Waals surface area (Å²) in [5.41, 5.74) is 5.68. The Labute approximate surface area is 124 Å². The van der Waals surface area contributed by atoms with Crippen molar-refractivity contribution < 1.29 is 0 Å². The Bertz CT molecular complexity index is 538. The fourth-order valence-corrected chi connectivity index (χ4v) is 3.94. The fourth-order valence-electron chi connectivity index (χ4n) is 3.19. The first kappa shape index (κ1) is 13.7. The second-order valence-electron chi connectivity index (χ2n) is 5.44. The van der Waals surface area contributed by atoms with Gasteiger partial charge in [0.2, 0.25) is 0 Å². The summed E-state index contributed by atoms with van der Waals surface area (Å²) in [6.45, 7) is 0. The van der Waals surface area contributed by atoms with Gasteiger partial charge in [-0.05, 0) is 55.2 Å². The highest BCUT2D eigenvalue weighted by atomic mass is 32.1. The molecule has 4 heteroatoms. The van der Waals surface area contributed by atoms with Crippen molar-refractivity contribution in [1.29, 1.82) is 0 Å². The predicted octanol–water partition coefficient (Wildman–Crippen LogP) is 3.03. The fraction of sp³-hybridized carbons (Fsp3) is 0.438. The van der Waals surface area contributed by atoms with Gasteiger partial charge in [-0.1, -0.05) is 12.1 Å². The lowest BCUT2D eigenvalue weighted by atomic mass is 9.93. The Morgan fingerprint density at radius 3 is 3.15 bits per heavy atom. The van der Waals surface area contributed by atoms with Crippen molar-refractivity contribution in [3.63, 3.8) is 0 Å². The van der Waals surface area contributed by atoms with E-state index in [0.717, 1.165) is 19.3 Å². The third-order valence-electron chi connectivity index (χ3n) is 4.22. The van der Waals surface area contributed by atoms with Crippen LogP contribution in [0.3, 0.4) is 0 Å². The first-order valence-electron chi connectivity index (χ1n) is 7.31. The van der Waals surface area contributed by atoms with Crippen LogP contribution in [0.15, 0.2) is 35.8 Å². The second-order valence-corrected chi connectivity index (χ2v) is 6.47. The summed E-state index contributed by atoms with van der Waals surface area (Å²) in [7, 11) is 0. The number of rotatable bonds is 6. The van der Waals surface area contributed by atoms with E-state index in [1.807, 2.05) is 23.6 Å². The van der Waals surface area contributed by atoms with Gasteiger partial charge in [0.1, 0.15) is 0 Å². The number of nitrogens with one attached hydrogen (secondary N) is 1. The first-order chi connectivity index (χ1) is 9.88. The molecule has 2 heterocycles. The van der Waals surface area contributed by atoms with Crippen LogP contribution in [0.2, 0.25) is 0 Å². The van der Waals surface area contributed by atoms with Crippen LogP contribution in [0.4, 0.5) is 0 Å². The van der Waals surface area contributed by atoms with Crippen LogP contribution in [0, 0.1) is 0 Å². The predicted molar refractivity (Wildman–Crippen MR) is 83.7 cm³/mol. The van der Waals surface area contributed by atoms with Crippen molar-refractivity contribution in [1.82, 2.24) is 10.4 Å². The molecule has 0 aromatic carbocycles. The average molecular weight is 287 g/mol. The molecule has 2 unspecified atom stereocenters. The number of hydrogen-bond donors (Lipinski definition) is 2. The highest BCUT2D eigenvalue weighted by Crippen LogP contribution is 2.35. The number of aromatic nitrogens is 1. The zero-order valence-electron chi connectivity index (χ0n) is 11.6. The molecule has 0 fully saturated rings. The summed E-state index contributed by atoms with van der Waals surface area (Å²) < 4.78 is 0. The maximum Gasteiger partial charge on any atom is 0.0482 e. The van der Waals surface area contributed by atoms with E-state index < -0.39 is 0 Å². The number of fused-ring (bicyclic) bond motifs is 1. The van der Waals surface area contributed by atoms with Crippen molar-refractivity contribution in [3.8, 4) is 0 Å². The van der Waals surface area contributed by atoms with Crippen LogP contribution in [0.25, 0.3) is 0 Å². The van der Waals surface area contributed by atoms with Gasteiger partial charge in [0.25, 0.3) is 0 Å². The van der Waals surface area contributed by atoms with Crippen molar-refractivity contribution >= 4 is 11.3 Å². The van der Waals surface area contributed by atoms with Crippen molar-refractivity contribution in [2.45, 2.75) is 44.1 Å². The van der Waals surface area contributed by atoms with Crippen LogP contribution >= 0.6 is 11.3 Å². The Morgan fingerprint density at radius 1 is 1.40 bits per heavy atom. The second kappa shape index (κ2) is 6.48. The smallest absolute Gasteiger partial charge is 0.0482 e. The van der Waals surface area contributed by atoms with E-state index in [0.29, 0.717) is 12.0 Å². The molecule has 0 spiro atoms. The molecular weight excluding hydrogens is 266 g/mol. The van der Waals surface area contributed by atoms with Gasteiger partial charge in [0, 0.05) is 28.7 Å². The Balaban J connectivity index is 1.60. The number of nitrogens with zero attached hydrogens (tertiary/aromatic N) is 1. The van der Waals surface area contributed by atoms with E-state index in [1.54, 1.807) is 0 Å². The minimum atomic E-state index is 0.339. The summed E-state index contributed by atoms with van der Waals surface area (Å²) >= 11 is 1.84. The molecule has 3 rings (SSSR count). The molecule has 2 aromatic rings. The molecule has 2 atom stereocenters. The summed E-state index contributed by atoms with van der Waals surface area (Å²) in [5, 5.41) is 2.14. The molecule has 0 radical (unpaired) electrons. The van der Waals surface area contributed by atoms with Crippen LogP contribution in [0.1, 0.15) is 41.3 Å². The Morgan fingerprint density at radius 2 is 2.35 bits per heavy atom. The molecule has 0 bridgehead atoms. The molecule has 0 saturated heterocycles. The van der Waals surface area contributed by atoms with Gasteiger partial charge >= 0.3 is 0 Å². The molecule has 1 aliphatic carbocycles. The third-order valence-corrected chi connectivity index (χ3v) is 5.16. The number of hydrazine groups is 1. The van der Waals surface area contributed by atoms with Crippen LogP contribution in [-0.4, -0.2) is 11.0 Å². The summed E-state index contributed by atoms with van der Waals surface area (Å²) in [5.74, 6) is 6.27. The van der Waals surface area contributed by atoms with Gasteiger partial charge in [-0.3, -0.25) is 16.3 Å². The molecule has 3 nitrogen and oxygen atoms in total. The monoisotopic (exact) mass is 287 g/mol. The average Bonchev–Trinajstić information content (AvgIpc) is 3.13. The molecule has 2 aromatic heterocycles. The maximum atomic E-state index is 5.79. The van der Waals surface area contributed by atoms with E-state index in [1.165, 1.54) is 29.0 Å². The molecule has 106 valence electrons. The van der Waals surface area contributed by atoms with E-state index in [4.69, 9.17) is 5.84 Å². The molecule has 0 aliphatic heterocycles. The van der Waals surface area contributed by atoms with Crippen molar-refractivity contribution in [2.24, 2.45) is 5.84 Å². The number of pyridine rings is 1. The standard InChI is InChI=1S/C16H21N3S/c17-19-15(7-1-5-13-6-3-11-20-13)14-9-8-12-4-2-10-18-16(12)14/h2-4,6,10-11,14-15,19H,1,5,7-9,17H2. The number of aryl methyl sites for hydroxylation is 2. The number of hydrogen-bond acceptors (Lipinski definition) is 4. The van der Waals surface area contributed by atoms with E-state index >= 15 is 0 Å². The molecular formula is C16H21N3S. The maximum absolute atomic E-state index is 5.79. The van der Waals surface area contributed by atoms with E-state index in [9.17, 15) is 0 Å². The van der Waals surface area contributed by atoms with Crippen LogP contribution < -0.4 is 11.3 Å². The van der Waals surface area contributed by atoms with Gasteiger partial charge in [-0.2, -0.15) is 0 Å². The lowest BCUT2D eigenvalue weighted by Gasteiger charge is -2.22. The van der Waals surface area contributed by atoms with E-state index in [2.05, 4.69) is 34.0 Å². The van der Waals surface area contributed by atoms with Gasteiger partial charge in [-0.15, -0.1) is 11.3 Å². The highest BCUT2D eigenvalue weighted by molar-refractivity contribution is 7.09. The molecule has 20 heavy (non-hydrogen) atoms. The molecule has 3 N–H and O–H groups in total. The molecule has 1 aliphatic rings. The van der Waals surface area contributed by atoms with Crippen molar-refractivity contribution in [3.05, 3.63) is 52.0 Å².